The number of fused-ring (bicyclic) bond motifs is 1. The molecule has 0 aromatic heterocycles. The Morgan fingerprint density at radius 1 is 1.00 bits per heavy atom. The first kappa shape index (κ1) is 22.2. The second-order valence-corrected chi connectivity index (χ2v) is 10.4. The van der Waals surface area contributed by atoms with Gasteiger partial charge in [-0.15, -0.1) is 0 Å². The van der Waals surface area contributed by atoms with E-state index in [2.05, 4.69) is 91.3 Å². The quantitative estimate of drug-likeness (QED) is 0.621. The van der Waals surface area contributed by atoms with E-state index in [1.54, 1.807) is 0 Å². The zero-order chi connectivity index (χ0) is 22.0. The first-order chi connectivity index (χ1) is 14.9. The van der Waals surface area contributed by atoms with Gasteiger partial charge in [-0.3, -0.25) is 4.90 Å². The topological polar surface area (TPSA) is 38.7 Å². The average molecular weight is 422 g/mol. The normalized spacial score (nSPS) is 22.9. The first-order valence-corrected chi connectivity index (χ1v) is 11.9. The van der Waals surface area contributed by atoms with Gasteiger partial charge >= 0.3 is 0 Å². The fraction of sp³-hybridized carbons (Fsp3) is 0.556. The molecule has 2 aliphatic rings. The lowest BCUT2D eigenvalue weighted by molar-refractivity contribution is 0.280. The molecule has 4 heteroatoms. The third-order valence-corrected chi connectivity index (χ3v) is 7.20. The maximum absolute atomic E-state index is 9.20. The molecule has 1 aliphatic heterocycles. The number of nitrogens with one attached hydrogen (secondary N) is 1. The van der Waals surface area contributed by atoms with Crippen molar-refractivity contribution in [3.8, 4) is 0 Å². The third kappa shape index (κ3) is 5.24. The zero-order valence-corrected chi connectivity index (χ0v) is 19.6. The highest BCUT2D eigenvalue weighted by atomic mass is 16.3. The number of likely N-dealkylation sites (N-methyl/N-ethyl adjacent to an activating group) is 1. The predicted molar refractivity (Wildman–Crippen MR) is 131 cm³/mol. The second-order valence-electron chi connectivity index (χ2n) is 10.4. The highest BCUT2D eigenvalue weighted by Crippen LogP contribution is 2.51. The summed E-state index contributed by atoms with van der Waals surface area (Å²) in [5.41, 5.74) is 5.45. The molecule has 0 radical (unpaired) electrons. The lowest BCUT2D eigenvalue weighted by atomic mass is 9.87. The van der Waals surface area contributed by atoms with Crippen LogP contribution in [0.3, 0.4) is 0 Å². The van der Waals surface area contributed by atoms with Crippen molar-refractivity contribution in [3.05, 3.63) is 59.7 Å². The number of likely N-dealkylation sites (tertiary alicyclic amines) is 1. The molecule has 2 atom stereocenters. The van der Waals surface area contributed by atoms with Crippen LogP contribution in [0.4, 0.5) is 11.4 Å². The minimum atomic E-state index is 0.192. The van der Waals surface area contributed by atoms with E-state index in [0.717, 1.165) is 37.4 Å². The van der Waals surface area contributed by atoms with Crippen LogP contribution in [0.5, 0.6) is 0 Å². The maximum atomic E-state index is 9.20. The van der Waals surface area contributed by atoms with Crippen molar-refractivity contribution < 1.29 is 5.11 Å². The molecule has 168 valence electrons. The molecule has 1 saturated heterocycles. The summed E-state index contributed by atoms with van der Waals surface area (Å²) >= 11 is 0. The van der Waals surface area contributed by atoms with Gasteiger partial charge in [0.05, 0.1) is 6.61 Å². The SMILES string of the molecule is CCN(CCO)c1ccc(NCC2C3CN(Cc4ccc(C(C)(C)C)cc4)CC23)cc1. The van der Waals surface area contributed by atoms with Crippen LogP contribution in [-0.2, 0) is 12.0 Å². The molecule has 2 aromatic carbocycles. The lowest BCUT2D eigenvalue weighted by Gasteiger charge is -2.23. The number of anilines is 2. The molecule has 4 nitrogen and oxygen atoms in total. The molecule has 2 aromatic rings. The van der Waals surface area contributed by atoms with Crippen molar-refractivity contribution >= 4 is 11.4 Å². The summed E-state index contributed by atoms with van der Waals surface area (Å²) in [7, 11) is 0. The molecule has 2 N–H and O–H groups in total. The molecule has 4 rings (SSSR count). The molecule has 2 unspecified atom stereocenters. The van der Waals surface area contributed by atoms with Crippen molar-refractivity contribution in [1.82, 2.24) is 4.90 Å². The van der Waals surface area contributed by atoms with Gasteiger partial charge in [0, 0.05) is 50.6 Å². The number of benzene rings is 2. The van der Waals surface area contributed by atoms with E-state index in [9.17, 15) is 5.11 Å². The van der Waals surface area contributed by atoms with Gasteiger partial charge in [0.25, 0.3) is 0 Å². The van der Waals surface area contributed by atoms with Crippen LogP contribution in [-0.4, -0.2) is 49.3 Å². The van der Waals surface area contributed by atoms with Crippen molar-refractivity contribution in [2.75, 3.05) is 49.5 Å². The second kappa shape index (κ2) is 9.22. The van der Waals surface area contributed by atoms with Crippen LogP contribution in [0.15, 0.2) is 48.5 Å². The van der Waals surface area contributed by atoms with E-state index in [4.69, 9.17) is 0 Å². The number of piperidine rings is 1. The Morgan fingerprint density at radius 3 is 2.19 bits per heavy atom. The summed E-state index contributed by atoms with van der Waals surface area (Å²) in [6.07, 6.45) is 0. The largest absolute Gasteiger partial charge is 0.395 e. The van der Waals surface area contributed by atoms with Gasteiger partial charge in [-0.25, -0.2) is 0 Å². The molecular formula is C27H39N3O. The number of aliphatic hydroxyl groups is 1. The van der Waals surface area contributed by atoms with E-state index in [-0.39, 0.29) is 12.0 Å². The Bertz CT molecular complexity index is 828. The Balaban J connectivity index is 1.21. The van der Waals surface area contributed by atoms with Crippen molar-refractivity contribution in [3.63, 3.8) is 0 Å². The molecule has 31 heavy (non-hydrogen) atoms. The summed E-state index contributed by atoms with van der Waals surface area (Å²) in [5.74, 6) is 2.54. The molecule has 1 saturated carbocycles. The van der Waals surface area contributed by atoms with Gasteiger partial charge in [-0.05, 0) is 65.5 Å². The Labute approximate surface area is 188 Å². The average Bonchev–Trinajstić information content (AvgIpc) is 3.21. The Morgan fingerprint density at radius 2 is 1.65 bits per heavy atom. The fourth-order valence-electron chi connectivity index (χ4n) is 5.15. The van der Waals surface area contributed by atoms with Gasteiger partial charge < -0.3 is 15.3 Å². The van der Waals surface area contributed by atoms with Gasteiger partial charge in [0.2, 0.25) is 0 Å². The van der Waals surface area contributed by atoms with E-state index < -0.39 is 0 Å². The van der Waals surface area contributed by atoms with E-state index in [1.165, 1.54) is 35.6 Å². The third-order valence-electron chi connectivity index (χ3n) is 7.20. The van der Waals surface area contributed by atoms with Gasteiger partial charge in [0.1, 0.15) is 0 Å². The fourth-order valence-corrected chi connectivity index (χ4v) is 5.15. The standard InChI is InChI=1S/C27H39N3O/c1-5-30(14-15-31)23-12-10-22(11-13-23)28-16-24-25-18-29(19-26(24)25)17-20-6-8-21(9-7-20)27(2,3)4/h6-13,24-26,28,31H,5,14-19H2,1-4H3. The molecule has 2 fully saturated rings. The van der Waals surface area contributed by atoms with Gasteiger partial charge in [0.15, 0.2) is 0 Å². The molecule has 1 aliphatic carbocycles. The summed E-state index contributed by atoms with van der Waals surface area (Å²) in [4.78, 5) is 4.83. The van der Waals surface area contributed by atoms with Crippen molar-refractivity contribution in [2.45, 2.75) is 39.7 Å². The number of aliphatic hydroxyl groups excluding tert-OH is 1. The molecule has 0 amide bonds. The summed E-state index contributed by atoms with van der Waals surface area (Å²) in [5, 5.41) is 12.8. The van der Waals surface area contributed by atoms with Gasteiger partial charge in [-0.2, -0.15) is 0 Å². The first-order valence-electron chi connectivity index (χ1n) is 11.9. The van der Waals surface area contributed by atoms with Crippen molar-refractivity contribution in [2.24, 2.45) is 17.8 Å². The zero-order valence-electron chi connectivity index (χ0n) is 19.6. The Hall–Kier alpha value is -2.04. The minimum absolute atomic E-state index is 0.192. The van der Waals surface area contributed by atoms with Gasteiger partial charge in [-0.1, -0.05) is 45.0 Å². The summed E-state index contributed by atoms with van der Waals surface area (Å²) in [6.45, 7) is 15.4. The summed E-state index contributed by atoms with van der Waals surface area (Å²) in [6, 6.07) is 17.9. The number of rotatable bonds is 9. The van der Waals surface area contributed by atoms with E-state index in [0.29, 0.717) is 6.54 Å². The molecular weight excluding hydrogens is 382 g/mol. The summed E-state index contributed by atoms with van der Waals surface area (Å²) < 4.78 is 0. The number of hydrogen-bond donors (Lipinski definition) is 2. The van der Waals surface area contributed by atoms with E-state index >= 15 is 0 Å². The van der Waals surface area contributed by atoms with Crippen molar-refractivity contribution in [1.29, 1.82) is 0 Å². The molecule has 0 bridgehead atoms. The van der Waals surface area contributed by atoms with Crippen LogP contribution in [0, 0.1) is 17.8 Å². The molecule has 0 spiro atoms. The van der Waals surface area contributed by atoms with Crippen LogP contribution < -0.4 is 10.2 Å². The lowest BCUT2D eigenvalue weighted by Crippen LogP contribution is -2.26. The molecule has 1 heterocycles. The predicted octanol–water partition coefficient (Wildman–Crippen LogP) is 4.59. The van der Waals surface area contributed by atoms with E-state index in [1.807, 2.05) is 0 Å². The highest BCUT2D eigenvalue weighted by molar-refractivity contribution is 5.55. The smallest absolute Gasteiger partial charge is 0.0606 e. The van der Waals surface area contributed by atoms with Crippen LogP contribution in [0.2, 0.25) is 0 Å². The minimum Gasteiger partial charge on any atom is -0.395 e. The van der Waals surface area contributed by atoms with Crippen LogP contribution in [0.25, 0.3) is 0 Å². The van der Waals surface area contributed by atoms with Crippen LogP contribution >= 0.6 is 0 Å². The highest BCUT2D eigenvalue weighted by Gasteiger charge is 2.54. The Kier molecular flexibility index (Phi) is 6.59. The number of hydrogen-bond acceptors (Lipinski definition) is 4. The van der Waals surface area contributed by atoms with Crippen LogP contribution in [0.1, 0.15) is 38.8 Å². The number of nitrogens with zero attached hydrogens (tertiary/aromatic N) is 2. The monoisotopic (exact) mass is 421 g/mol. The maximum Gasteiger partial charge on any atom is 0.0606 e.